The van der Waals surface area contributed by atoms with Crippen LogP contribution in [0, 0.1) is 0 Å². The number of hydrogen-bond acceptors (Lipinski definition) is 11. The topological polar surface area (TPSA) is 229 Å². The SMILES string of the molecule is [2H][C@]1([C@](O)(C(=O)O)[C@@H](O)[C@H](O)[C@H](O)CO)O[C@H](CO)[C@H](O)[C@H](O)[C@H]1O. The van der Waals surface area contributed by atoms with Crippen LogP contribution in [0.15, 0.2) is 0 Å². The van der Waals surface area contributed by atoms with Crippen molar-refractivity contribution in [2.24, 2.45) is 0 Å². The fraction of sp³-hybridized carbons (Fsp3) is 0.917. The normalized spacial score (nSPS) is 41.0. The van der Waals surface area contributed by atoms with Crippen molar-refractivity contribution in [1.29, 1.82) is 0 Å². The van der Waals surface area contributed by atoms with E-state index < -0.39 is 73.6 Å². The second kappa shape index (κ2) is 7.97. The molecule has 0 radical (unpaired) electrons. The highest BCUT2D eigenvalue weighted by atomic mass is 16.6. The predicted molar refractivity (Wildman–Crippen MR) is 71.5 cm³/mol. The number of carboxylic acid groups (broad SMARTS) is 1. The number of carbonyl (C=O) groups is 1. The smallest absolute Gasteiger partial charge is 0.341 e. The maximum Gasteiger partial charge on any atom is 0.341 e. The molecule has 0 spiro atoms. The van der Waals surface area contributed by atoms with Gasteiger partial charge in [-0.1, -0.05) is 0 Å². The molecule has 1 saturated heterocycles. The van der Waals surface area contributed by atoms with Gasteiger partial charge in [0.05, 0.1) is 14.6 Å². The van der Waals surface area contributed by atoms with Crippen LogP contribution in [0.25, 0.3) is 0 Å². The lowest BCUT2D eigenvalue weighted by atomic mass is 9.79. The highest BCUT2D eigenvalue weighted by Crippen LogP contribution is 2.32. The maximum absolute atomic E-state index is 11.5. The van der Waals surface area contributed by atoms with E-state index in [4.69, 9.17) is 16.3 Å². The molecule has 1 aliphatic heterocycles. The lowest BCUT2D eigenvalue weighted by molar-refractivity contribution is -0.291. The molecule has 0 unspecified atom stereocenters. The quantitative estimate of drug-likeness (QED) is 0.205. The van der Waals surface area contributed by atoms with Gasteiger partial charge in [-0.2, -0.15) is 0 Å². The van der Waals surface area contributed by atoms with Gasteiger partial charge in [0.15, 0.2) is 0 Å². The van der Waals surface area contributed by atoms with Crippen molar-refractivity contribution in [3.05, 3.63) is 0 Å². The van der Waals surface area contributed by atoms with Gasteiger partial charge >= 0.3 is 5.97 Å². The summed E-state index contributed by atoms with van der Waals surface area (Å²) in [6, 6.07) is 0. The van der Waals surface area contributed by atoms with Crippen LogP contribution in [0.4, 0.5) is 0 Å². The predicted octanol–water partition coefficient (Wildman–Crippen LogP) is -6.28. The molecule has 1 rings (SSSR count). The lowest BCUT2D eigenvalue weighted by Gasteiger charge is -2.47. The zero-order chi connectivity index (χ0) is 19.7. The number of carboxylic acids is 1. The van der Waals surface area contributed by atoms with Crippen LogP contribution in [0.5, 0.6) is 0 Å². The number of aliphatic carboxylic acids is 1. The zero-order valence-corrected chi connectivity index (χ0v) is 12.2. The number of aliphatic hydroxyl groups excluding tert-OH is 8. The molecule has 24 heavy (non-hydrogen) atoms. The van der Waals surface area contributed by atoms with Crippen LogP contribution < -0.4 is 0 Å². The van der Waals surface area contributed by atoms with Crippen LogP contribution in [0.2, 0.25) is 0 Å². The fourth-order valence-electron chi connectivity index (χ4n) is 2.27. The van der Waals surface area contributed by atoms with Crippen LogP contribution in [-0.2, 0) is 9.53 Å². The summed E-state index contributed by atoms with van der Waals surface area (Å²) in [5, 5.41) is 95.9. The summed E-state index contributed by atoms with van der Waals surface area (Å²) in [5.41, 5.74) is -3.85. The summed E-state index contributed by atoms with van der Waals surface area (Å²) in [6.45, 7) is -2.21. The second-order valence-corrected chi connectivity index (χ2v) is 5.39. The maximum atomic E-state index is 11.5. The minimum atomic E-state index is -3.85. The van der Waals surface area contributed by atoms with E-state index in [0.717, 1.165) is 0 Å². The highest BCUT2D eigenvalue weighted by Gasteiger charge is 2.61. The molecule has 1 aliphatic rings. The first kappa shape index (κ1) is 19.4. The largest absolute Gasteiger partial charge is 0.479 e. The molecule has 0 aliphatic carbocycles. The summed E-state index contributed by atoms with van der Waals surface area (Å²) >= 11 is 0. The third-order valence-corrected chi connectivity index (χ3v) is 3.82. The summed E-state index contributed by atoms with van der Waals surface area (Å²) in [6.07, 6.45) is -19.7. The van der Waals surface area contributed by atoms with Crippen LogP contribution in [0.3, 0.4) is 0 Å². The molecule has 1 heterocycles. The van der Waals surface area contributed by atoms with Gasteiger partial charge in [-0.15, -0.1) is 0 Å². The van der Waals surface area contributed by atoms with Crippen molar-refractivity contribution in [2.75, 3.05) is 13.2 Å². The van der Waals surface area contributed by atoms with Gasteiger partial charge in [-0.25, -0.2) is 4.79 Å². The third-order valence-electron chi connectivity index (χ3n) is 3.82. The Morgan fingerprint density at radius 2 is 1.67 bits per heavy atom. The Hall–Kier alpha value is -0.930. The Morgan fingerprint density at radius 1 is 1.12 bits per heavy atom. The molecule has 12 heteroatoms. The van der Waals surface area contributed by atoms with Gasteiger partial charge in [0, 0.05) is 0 Å². The number of aliphatic hydroxyl groups is 9. The molecule has 142 valence electrons. The minimum Gasteiger partial charge on any atom is -0.479 e. The molecule has 1 fully saturated rings. The number of ether oxygens (including phenoxy) is 1. The molecule has 10 N–H and O–H groups in total. The first-order valence-corrected chi connectivity index (χ1v) is 6.83. The average Bonchev–Trinajstić information content (AvgIpc) is 2.59. The van der Waals surface area contributed by atoms with E-state index in [1.54, 1.807) is 0 Å². The van der Waals surface area contributed by atoms with Crippen molar-refractivity contribution in [3.63, 3.8) is 0 Å². The van der Waals surface area contributed by atoms with E-state index in [9.17, 15) is 45.6 Å². The molecular weight excluding hydrogens is 336 g/mol. The first-order valence-electron chi connectivity index (χ1n) is 7.33. The molecule has 0 saturated carbocycles. The molecule has 0 amide bonds. The Morgan fingerprint density at radius 3 is 2.08 bits per heavy atom. The van der Waals surface area contributed by atoms with Gasteiger partial charge in [0.1, 0.15) is 48.8 Å². The van der Waals surface area contributed by atoms with Crippen LogP contribution in [-0.4, -0.2) is 125 Å². The lowest BCUT2D eigenvalue weighted by Crippen LogP contribution is -2.72. The molecule has 0 aromatic rings. The Kier molecular flexibility index (Phi) is 6.44. The van der Waals surface area contributed by atoms with E-state index in [1.165, 1.54) is 0 Å². The minimum absolute atomic E-state index is 1.06. The molecule has 0 aromatic heterocycles. The van der Waals surface area contributed by atoms with Crippen molar-refractivity contribution < 1.29 is 62.0 Å². The Bertz CT molecular complexity index is 477. The monoisotopic (exact) mass is 359 g/mol. The van der Waals surface area contributed by atoms with Gasteiger partial charge in [-0.3, -0.25) is 0 Å². The van der Waals surface area contributed by atoms with Gasteiger partial charge in [0.2, 0.25) is 5.60 Å². The summed E-state index contributed by atoms with van der Waals surface area (Å²) in [4.78, 5) is 11.5. The summed E-state index contributed by atoms with van der Waals surface area (Å²) in [5.74, 6) is -2.39. The van der Waals surface area contributed by atoms with Gasteiger partial charge in [0.25, 0.3) is 0 Å². The van der Waals surface area contributed by atoms with Gasteiger partial charge in [-0.05, 0) is 0 Å². The molecule has 12 nitrogen and oxygen atoms in total. The van der Waals surface area contributed by atoms with E-state index in [-0.39, 0.29) is 0 Å². The van der Waals surface area contributed by atoms with Crippen LogP contribution in [0.1, 0.15) is 1.37 Å². The fourth-order valence-corrected chi connectivity index (χ4v) is 2.27. The van der Waals surface area contributed by atoms with Crippen molar-refractivity contribution in [1.82, 2.24) is 0 Å². The number of hydrogen-bond donors (Lipinski definition) is 10. The van der Waals surface area contributed by atoms with Crippen LogP contribution >= 0.6 is 0 Å². The van der Waals surface area contributed by atoms with Crippen molar-refractivity contribution >= 4 is 5.97 Å². The van der Waals surface area contributed by atoms with E-state index in [0.29, 0.717) is 0 Å². The van der Waals surface area contributed by atoms with E-state index in [2.05, 4.69) is 0 Å². The zero-order valence-electron chi connectivity index (χ0n) is 13.2. The van der Waals surface area contributed by atoms with Gasteiger partial charge < -0.3 is 55.8 Å². The average molecular weight is 359 g/mol. The summed E-state index contributed by atoms with van der Waals surface area (Å²) < 4.78 is 12.7. The molecule has 0 aromatic carbocycles. The van der Waals surface area contributed by atoms with E-state index >= 15 is 0 Å². The summed E-state index contributed by atoms with van der Waals surface area (Å²) in [7, 11) is 0. The first-order chi connectivity index (χ1) is 11.4. The number of rotatable bonds is 7. The standard InChI is InChI=1S/C12H22O12/c13-1-3(15)5(16)9(20)12(23,11(21)22)10-8(19)7(18)6(17)4(2-14)24-10/h3-10,13-20,23H,1-2H2,(H,21,22)/t3-,4-,5-,6+,7+,8-,9+,10+,12+/m1/s1/i10D. The second-order valence-electron chi connectivity index (χ2n) is 5.39. The Balaban J connectivity index is 3.42. The highest BCUT2D eigenvalue weighted by molar-refractivity contribution is 5.79. The van der Waals surface area contributed by atoms with Crippen molar-refractivity contribution in [2.45, 2.75) is 54.4 Å². The molecular formula is C12H22O12. The molecule has 9 atom stereocenters. The third kappa shape index (κ3) is 3.52. The van der Waals surface area contributed by atoms with Crippen molar-refractivity contribution in [3.8, 4) is 0 Å². The molecule has 0 bridgehead atoms. The van der Waals surface area contributed by atoms with E-state index in [1.807, 2.05) is 0 Å². The Labute approximate surface area is 136 Å².